The predicted octanol–water partition coefficient (Wildman–Crippen LogP) is 3.63. The number of halogens is 1. The summed E-state index contributed by atoms with van der Waals surface area (Å²) in [5, 5.41) is 24.2. The summed E-state index contributed by atoms with van der Waals surface area (Å²) in [7, 11) is 0. The zero-order valence-electron chi connectivity index (χ0n) is 19.0. The molecule has 1 aliphatic heterocycles. The van der Waals surface area contributed by atoms with Crippen LogP contribution in [0.3, 0.4) is 0 Å². The number of hydrogen-bond donors (Lipinski definition) is 3. The highest BCUT2D eigenvalue weighted by Gasteiger charge is 2.37. The van der Waals surface area contributed by atoms with Crippen LogP contribution < -0.4 is 4.74 Å². The molecule has 6 rings (SSSR count). The number of pyridine rings is 1. The van der Waals surface area contributed by atoms with Gasteiger partial charge in [-0.1, -0.05) is 48.0 Å². The number of ether oxygens (including phenoxy) is 2. The molecule has 9 nitrogen and oxygen atoms in total. The summed E-state index contributed by atoms with van der Waals surface area (Å²) in [6.45, 7) is -0.127. The predicted molar refractivity (Wildman–Crippen MR) is 134 cm³/mol. The minimum Gasteiger partial charge on any atom is -0.456 e. The largest absolute Gasteiger partial charge is 0.456 e. The molecular formula is C26H22ClN5O4. The first-order valence-electron chi connectivity index (χ1n) is 11.4. The van der Waals surface area contributed by atoms with Gasteiger partial charge in [0.1, 0.15) is 12.2 Å². The summed E-state index contributed by atoms with van der Waals surface area (Å²) in [6.07, 6.45) is 1.40. The Hall–Kier alpha value is -3.76. The standard InChI is InChI=1S/C26H22ClN5O4/c27-19-12-20-25(31-26(29-20)36-22-14-35-21(13-33)24(22)34)30-23(19)17-4-2-15(3-5-17)16-6-8-18(9-7-16)32-11-1-10-28-32/h1-12,21-22,24,33-34H,13-14H2,(H,29,30,31). The third kappa shape index (κ3) is 4.22. The summed E-state index contributed by atoms with van der Waals surface area (Å²) in [4.78, 5) is 12.1. The van der Waals surface area contributed by atoms with Gasteiger partial charge in [-0.15, -0.1) is 0 Å². The summed E-state index contributed by atoms with van der Waals surface area (Å²) in [6, 6.07) is 20.0. The number of nitrogens with one attached hydrogen (secondary N) is 1. The van der Waals surface area contributed by atoms with Gasteiger partial charge in [-0.25, -0.2) is 9.67 Å². The van der Waals surface area contributed by atoms with Crippen LogP contribution in [0.25, 0.3) is 39.2 Å². The van der Waals surface area contributed by atoms with Crippen molar-refractivity contribution in [3.05, 3.63) is 78.1 Å². The molecule has 36 heavy (non-hydrogen) atoms. The molecule has 3 N–H and O–H groups in total. The van der Waals surface area contributed by atoms with E-state index in [1.165, 1.54) is 0 Å². The van der Waals surface area contributed by atoms with Crippen LogP contribution in [0.2, 0.25) is 5.02 Å². The zero-order chi connectivity index (χ0) is 24.6. The summed E-state index contributed by atoms with van der Waals surface area (Å²) < 4.78 is 12.9. The van der Waals surface area contributed by atoms with E-state index in [4.69, 9.17) is 21.1 Å². The van der Waals surface area contributed by atoms with Gasteiger partial charge in [-0.3, -0.25) is 0 Å². The van der Waals surface area contributed by atoms with Gasteiger partial charge in [0.05, 0.1) is 35.1 Å². The molecule has 1 saturated heterocycles. The molecule has 0 amide bonds. The van der Waals surface area contributed by atoms with Gasteiger partial charge in [0.2, 0.25) is 0 Å². The number of nitrogens with zero attached hydrogens (tertiary/aromatic N) is 4. The van der Waals surface area contributed by atoms with Gasteiger partial charge in [0.15, 0.2) is 11.8 Å². The van der Waals surface area contributed by atoms with E-state index < -0.39 is 18.3 Å². The second-order valence-corrected chi connectivity index (χ2v) is 8.92. The van der Waals surface area contributed by atoms with Gasteiger partial charge < -0.3 is 24.7 Å². The van der Waals surface area contributed by atoms with Gasteiger partial charge in [-0.2, -0.15) is 10.1 Å². The molecule has 3 unspecified atom stereocenters. The average Bonchev–Trinajstić information content (AvgIpc) is 3.65. The molecule has 0 saturated carbocycles. The lowest BCUT2D eigenvalue weighted by Crippen LogP contribution is -2.36. The van der Waals surface area contributed by atoms with Crippen molar-refractivity contribution in [2.24, 2.45) is 0 Å². The van der Waals surface area contributed by atoms with Gasteiger partial charge in [0.25, 0.3) is 6.01 Å². The first kappa shape index (κ1) is 22.7. The lowest BCUT2D eigenvalue weighted by Gasteiger charge is -2.15. The normalized spacial score (nSPS) is 19.7. The number of imidazole rings is 1. The number of aliphatic hydroxyl groups excluding tert-OH is 2. The number of fused-ring (bicyclic) bond motifs is 1. The molecule has 3 aromatic heterocycles. The second kappa shape index (κ2) is 9.36. The van der Waals surface area contributed by atoms with Crippen LogP contribution in [0, 0.1) is 0 Å². The number of aromatic amines is 1. The van der Waals surface area contributed by atoms with Crippen LogP contribution in [0.1, 0.15) is 0 Å². The lowest BCUT2D eigenvalue weighted by molar-refractivity contribution is -0.00390. The van der Waals surface area contributed by atoms with Crippen molar-refractivity contribution in [2.75, 3.05) is 13.2 Å². The fourth-order valence-corrected chi connectivity index (χ4v) is 4.53. The molecule has 0 spiro atoms. The Morgan fingerprint density at radius 2 is 1.78 bits per heavy atom. The fourth-order valence-electron chi connectivity index (χ4n) is 4.27. The van der Waals surface area contributed by atoms with E-state index in [9.17, 15) is 10.2 Å². The Morgan fingerprint density at radius 3 is 2.44 bits per heavy atom. The molecule has 182 valence electrons. The van der Waals surface area contributed by atoms with Crippen molar-refractivity contribution in [3.63, 3.8) is 0 Å². The number of benzene rings is 2. The molecule has 4 heterocycles. The average molecular weight is 504 g/mol. The van der Waals surface area contributed by atoms with E-state index in [0.29, 0.717) is 21.9 Å². The van der Waals surface area contributed by atoms with Gasteiger partial charge >= 0.3 is 0 Å². The zero-order valence-corrected chi connectivity index (χ0v) is 19.7. The minimum absolute atomic E-state index is 0.154. The van der Waals surface area contributed by atoms with Crippen LogP contribution in [-0.4, -0.2) is 66.5 Å². The highest BCUT2D eigenvalue weighted by Crippen LogP contribution is 2.32. The molecule has 1 aliphatic rings. The van der Waals surface area contributed by atoms with E-state index in [1.54, 1.807) is 12.3 Å². The van der Waals surface area contributed by atoms with E-state index >= 15 is 0 Å². The van der Waals surface area contributed by atoms with Crippen molar-refractivity contribution in [3.8, 4) is 34.1 Å². The monoisotopic (exact) mass is 503 g/mol. The molecule has 0 radical (unpaired) electrons. The van der Waals surface area contributed by atoms with Crippen LogP contribution in [0.4, 0.5) is 0 Å². The van der Waals surface area contributed by atoms with Crippen molar-refractivity contribution < 1.29 is 19.7 Å². The number of aliphatic hydroxyl groups is 2. The number of H-pyrrole nitrogens is 1. The van der Waals surface area contributed by atoms with Crippen LogP contribution in [0.5, 0.6) is 6.01 Å². The first-order chi connectivity index (χ1) is 17.6. The Labute approximate surface area is 210 Å². The Kier molecular flexibility index (Phi) is 5.90. The minimum atomic E-state index is -0.949. The quantitative estimate of drug-likeness (QED) is 0.324. The fraction of sp³-hybridized carbons (Fsp3) is 0.192. The molecule has 10 heteroatoms. The SMILES string of the molecule is OCC1OCC(Oc2nc3nc(-c4ccc(-c5ccc(-n6cccn6)cc5)cc4)c(Cl)cc3[nH]2)C1O. The van der Waals surface area contributed by atoms with Crippen LogP contribution >= 0.6 is 11.6 Å². The smallest absolute Gasteiger partial charge is 0.296 e. The van der Waals surface area contributed by atoms with Gasteiger partial charge in [0, 0.05) is 18.0 Å². The third-order valence-corrected chi connectivity index (χ3v) is 6.50. The van der Waals surface area contributed by atoms with E-state index in [-0.39, 0.29) is 19.2 Å². The maximum Gasteiger partial charge on any atom is 0.296 e. The highest BCUT2D eigenvalue weighted by molar-refractivity contribution is 6.33. The van der Waals surface area contributed by atoms with Crippen molar-refractivity contribution >= 4 is 22.8 Å². The topological polar surface area (TPSA) is 118 Å². The lowest BCUT2D eigenvalue weighted by atomic mass is 10.0. The first-order valence-corrected chi connectivity index (χ1v) is 11.8. The summed E-state index contributed by atoms with van der Waals surface area (Å²) >= 11 is 6.55. The van der Waals surface area contributed by atoms with Crippen molar-refractivity contribution in [1.29, 1.82) is 0 Å². The van der Waals surface area contributed by atoms with Crippen LogP contribution in [-0.2, 0) is 4.74 Å². The molecule has 0 bridgehead atoms. The second-order valence-electron chi connectivity index (χ2n) is 8.51. The van der Waals surface area contributed by atoms with Gasteiger partial charge in [-0.05, 0) is 35.4 Å². The molecule has 3 atom stereocenters. The van der Waals surface area contributed by atoms with E-state index in [2.05, 4.69) is 32.2 Å². The number of hydrogen-bond acceptors (Lipinski definition) is 7. The highest BCUT2D eigenvalue weighted by atomic mass is 35.5. The number of aromatic nitrogens is 5. The molecular weight excluding hydrogens is 482 g/mol. The summed E-state index contributed by atoms with van der Waals surface area (Å²) in [5.74, 6) is 0. The maximum atomic E-state index is 10.2. The Balaban J connectivity index is 1.22. The van der Waals surface area contributed by atoms with E-state index in [0.717, 1.165) is 22.4 Å². The van der Waals surface area contributed by atoms with E-state index in [1.807, 2.05) is 53.3 Å². The van der Waals surface area contributed by atoms with Crippen LogP contribution in [0.15, 0.2) is 73.1 Å². The molecule has 5 aromatic rings. The summed E-state index contributed by atoms with van der Waals surface area (Å²) in [5.41, 5.74) is 5.66. The molecule has 1 fully saturated rings. The maximum absolute atomic E-state index is 10.2. The molecule has 2 aromatic carbocycles. The Morgan fingerprint density at radius 1 is 1.06 bits per heavy atom. The Bertz CT molecular complexity index is 1490. The van der Waals surface area contributed by atoms with Crippen molar-refractivity contribution in [2.45, 2.75) is 18.3 Å². The third-order valence-electron chi connectivity index (χ3n) is 6.21. The van der Waals surface area contributed by atoms with Crippen molar-refractivity contribution in [1.82, 2.24) is 24.7 Å². The number of rotatable bonds is 6. The molecule has 0 aliphatic carbocycles.